The maximum atomic E-state index is 12.8. The van der Waals surface area contributed by atoms with Crippen molar-refractivity contribution in [3.05, 3.63) is 47.0 Å². The first-order chi connectivity index (χ1) is 10.6. The monoisotopic (exact) mass is 313 g/mol. The summed E-state index contributed by atoms with van der Waals surface area (Å²) in [6.45, 7) is 0.347. The zero-order valence-corrected chi connectivity index (χ0v) is 12.7. The van der Waals surface area contributed by atoms with Crippen LogP contribution in [-0.2, 0) is 16.1 Å². The van der Waals surface area contributed by atoms with Gasteiger partial charge in [-0.05, 0) is 47.8 Å². The van der Waals surface area contributed by atoms with E-state index in [2.05, 4.69) is 12.2 Å². The van der Waals surface area contributed by atoms with Gasteiger partial charge < -0.3 is 0 Å². The number of imide groups is 1. The first kappa shape index (κ1) is 12.9. The smallest absolute Gasteiger partial charge is 0.234 e. The summed E-state index contributed by atoms with van der Waals surface area (Å²) in [6.07, 6.45) is 5.60. The average Bonchev–Trinajstić information content (AvgIpc) is 3.29. The molecule has 0 spiro atoms. The van der Waals surface area contributed by atoms with E-state index in [9.17, 15) is 9.59 Å². The van der Waals surface area contributed by atoms with Crippen LogP contribution >= 0.6 is 11.6 Å². The van der Waals surface area contributed by atoms with Gasteiger partial charge in [0.2, 0.25) is 11.8 Å². The molecule has 112 valence electrons. The van der Waals surface area contributed by atoms with Crippen molar-refractivity contribution in [1.82, 2.24) is 4.90 Å². The van der Waals surface area contributed by atoms with Crippen molar-refractivity contribution in [2.24, 2.45) is 35.5 Å². The van der Waals surface area contributed by atoms with E-state index < -0.39 is 0 Å². The normalized spacial score (nSPS) is 40.9. The summed E-state index contributed by atoms with van der Waals surface area (Å²) in [4.78, 5) is 27.1. The SMILES string of the molecule is O=C1[C@@H]2[C@H]3C=C[C@@H]([C@@H]4C[C@@H]34)[C@@H]2C(=O)N1Cc1cccc(Cl)c1. The average molecular weight is 314 g/mol. The van der Waals surface area contributed by atoms with Gasteiger partial charge in [0.1, 0.15) is 0 Å². The molecule has 1 heterocycles. The van der Waals surface area contributed by atoms with E-state index >= 15 is 0 Å². The number of carbonyl (C=O) groups excluding carboxylic acids is 2. The van der Waals surface area contributed by atoms with Crippen molar-refractivity contribution in [2.45, 2.75) is 13.0 Å². The van der Waals surface area contributed by atoms with Crippen LogP contribution in [0.15, 0.2) is 36.4 Å². The summed E-state index contributed by atoms with van der Waals surface area (Å²) >= 11 is 6.01. The van der Waals surface area contributed by atoms with E-state index in [1.165, 1.54) is 11.3 Å². The second-order valence-electron chi connectivity index (χ2n) is 7.05. The molecule has 4 aliphatic carbocycles. The third-order valence-electron chi connectivity index (χ3n) is 5.98. The number of nitrogens with zero attached hydrogens (tertiary/aromatic N) is 1. The molecule has 0 radical (unpaired) electrons. The van der Waals surface area contributed by atoms with Crippen molar-refractivity contribution < 1.29 is 9.59 Å². The van der Waals surface area contributed by atoms with Crippen molar-refractivity contribution in [2.75, 3.05) is 0 Å². The highest BCUT2D eigenvalue weighted by molar-refractivity contribution is 6.30. The van der Waals surface area contributed by atoms with E-state index in [0.29, 0.717) is 35.2 Å². The van der Waals surface area contributed by atoms with Gasteiger partial charge in [0.25, 0.3) is 0 Å². The number of benzene rings is 1. The summed E-state index contributed by atoms with van der Waals surface area (Å²) in [5, 5.41) is 0.636. The highest BCUT2D eigenvalue weighted by Gasteiger charge is 2.66. The highest BCUT2D eigenvalue weighted by Crippen LogP contribution is 2.65. The minimum atomic E-state index is -0.106. The topological polar surface area (TPSA) is 37.4 Å². The quantitative estimate of drug-likeness (QED) is 0.622. The largest absolute Gasteiger partial charge is 0.278 e. The fourth-order valence-corrected chi connectivity index (χ4v) is 5.21. The third kappa shape index (κ3) is 1.58. The van der Waals surface area contributed by atoms with Crippen LogP contribution in [-0.4, -0.2) is 16.7 Å². The van der Waals surface area contributed by atoms with Crippen LogP contribution in [0.2, 0.25) is 5.02 Å². The van der Waals surface area contributed by atoms with Gasteiger partial charge in [0.05, 0.1) is 18.4 Å². The molecule has 3 nitrogen and oxygen atoms in total. The van der Waals surface area contributed by atoms with Crippen LogP contribution in [0, 0.1) is 35.5 Å². The number of amides is 2. The second kappa shape index (κ2) is 4.23. The molecule has 3 fully saturated rings. The zero-order valence-electron chi connectivity index (χ0n) is 12.0. The number of rotatable bonds is 2. The van der Waals surface area contributed by atoms with Crippen LogP contribution in [0.25, 0.3) is 0 Å². The minimum Gasteiger partial charge on any atom is -0.278 e. The molecular formula is C18H16ClNO2. The van der Waals surface area contributed by atoms with Gasteiger partial charge in [-0.2, -0.15) is 0 Å². The van der Waals surface area contributed by atoms with Gasteiger partial charge in [0.15, 0.2) is 0 Å². The molecule has 1 saturated heterocycles. The Morgan fingerprint density at radius 2 is 1.68 bits per heavy atom. The molecule has 1 aromatic carbocycles. The lowest BCUT2D eigenvalue weighted by atomic mass is 9.63. The molecule has 22 heavy (non-hydrogen) atoms. The van der Waals surface area contributed by atoms with Gasteiger partial charge in [-0.1, -0.05) is 35.9 Å². The number of carbonyl (C=O) groups is 2. The maximum absolute atomic E-state index is 12.8. The number of halogens is 1. The molecule has 2 saturated carbocycles. The molecule has 0 N–H and O–H groups in total. The molecule has 2 bridgehead atoms. The van der Waals surface area contributed by atoms with E-state index in [1.807, 2.05) is 18.2 Å². The lowest BCUT2D eigenvalue weighted by molar-refractivity contribution is -0.140. The van der Waals surface area contributed by atoms with Gasteiger partial charge in [-0.3, -0.25) is 14.5 Å². The summed E-state index contributed by atoms with van der Waals surface area (Å²) in [5.74, 6) is 1.73. The molecule has 1 aliphatic heterocycles. The first-order valence-electron chi connectivity index (χ1n) is 7.93. The highest BCUT2D eigenvalue weighted by atomic mass is 35.5. The second-order valence-corrected chi connectivity index (χ2v) is 7.48. The molecule has 0 aromatic heterocycles. The van der Waals surface area contributed by atoms with Gasteiger partial charge in [0, 0.05) is 5.02 Å². The Kier molecular flexibility index (Phi) is 2.48. The van der Waals surface area contributed by atoms with Crippen LogP contribution in [0.5, 0.6) is 0 Å². The Balaban J connectivity index is 1.47. The van der Waals surface area contributed by atoms with Gasteiger partial charge in [-0.25, -0.2) is 0 Å². The van der Waals surface area contributed by atoms with Crippen LogP contribution in [0.4, 0.5) is 0 Å². The van der Waals surface area contributed by atoms with Crippen molar-refractivity contribution in [1.29, 1.82) is 0 Å². The van der Waals surface area contributed by atoms with E-state index in [4.69, 9.17) is 11.6 Å². The summed E-state index contributed by atoms with van der Waals surface area (Å²) in [6, 6.07) is 7.40. The predicted molar refractivity (Wildman–Crippen MR) is 81.7 cm³/mol. The third-order valence-corrected chi connectivity index (χ3v) is 6.22. The summed E-state index contributed by atoms with van der Waals surface area (Å²) in [5.41, 5.74) is 0.915. The maximum Gasteiger partial charge on any atom is 0.234 e. The zero-order chi connectivity index (χ0) is 15.0. The fraction of sp³-hybridized carbons (Fsp3) is 0.444. The predicted octanol–water partition coefficient (Wildman–Crippen LogP) is 2.89. The summed E-state index contributed by atoms with van der Waals surface area (Å²) < 4.78 is 0. The Morgan fingerprint density at radius 3 is 2.27 bits per heavy atom. The van der Waals surface area contributed by atoms with Crippen molar-refractivity contribution in [3.8, 4) is 0 Å². The minimum absolute atomic E-state index is 0.0275. The van der Waals surface area contributed by atoms with Crippen LogP contribution in [0.3, 0.4) is 0 Å². The standard InChI is InChI=1S/C18H16ClNO2/c19-10-3-1-2-9(6-10)8-20-17(21)15-11-4-5-12(14-7-13(11)14)16(15)18(20)22/h1-6,11-16H,7-8H2/t11-,12-,13-,14-,15-,16+/m0/s1. The molecule has 6 rings (SSSR count). The number of likely N-dealkylation sites (tertiary alicyclic amines) is 1. The summed E-state index contributed by atoms with van der Waals surface area (Å²) in [7, 11) is 0. The van der Waals surface area contributed by atoms with Gasteiger partial charge in [-0.15, -0.1) is 0 Å². The molecule has 4 heteroatoms. The molecule has 6 atom stereocenters. The molecule has 0 unspecified atom stereocenters. The van der Waals surface area contributed by atoms with Gasteiger partial charge >= 0.3 is 0 Å². The number of hydrogen-bond acceptors (Lipinski definition) is 2. The first-order valence-corrected chi connectivity index (χ1v) is 8.31. The molecule has 2 amide bonds. The van der Waals surface area contributed by atoms with E-state index in [-0.39, 0.29) is 23.7 Å². The lowest BCUT2D eigenvalue weighted by Crippen LogP contribution is -2.40. The Morgan fingerprint density at radius 1 is 1.05 bits per heavy atom. The van der Waals surface area contributed by atoms with E-state index in [1.54, 1.807) is 6.07 Å². The Hall–Kier alpha value is -1.61. The van der Waals surface area contributed by atoms with Crippen molar-refractivity contribution >= 4 is 23.4 Å². The number of hydrogen-bond donors (Lipinski definition) is 0. The van der Waals surface area contributed by atoms with Crippen LogP contribution in [0.1, 0.15) is 12.0 Å². The van der Waals surface area contributed by atoms with Crippen LogP contribution < -0.4 is 0 Å². The van der Waals surface area contributed by atoms with Crippen molar-refractivity contribution in [3.63, 3.8) is 0 Å². The fourth-order valence-electron chi connectivity index (χ4n) is 4.99. The molecule has 1 aromatic rings. The van der Waals surface area contributed by atoms with E-state index in [0.717, 1.165) is 5.56 Å². The Labute approximate surface area is 133 Å². The molecule has 5 aliphatic rings. The Bertz CT molecular complexity index is 692. The number of allylic oxidation sites excluding steroid dienone is 2. The lowest BCUT2D eigenvalue weighted by Gasteiger charge is -2.37. The molecular weight excluding hydrogens is 298 g/mol.